The number of likely N-dealkylation sites (tertiary alicyclic amines) is 1. The molecule has 5 heterocycles. The number of rotatable bonds is 4. The lowest BCUT2D eigenvalue weighted by Crippen LogP contribution is -2.24. The molecule has 1 aliphatic heterocycles. The highest BCUT2D eigenvalue weighted by Gasteiger charge is 2.28. The maximum Gasteiger partial charge on any atom is 0.137 e. The predicted octanol–water partition coefficient (Wildman–Crippen LogP) is 4.08. The first-order valence-electron chi connectivity index (χ1n) is 10.2. The summed E-state index contributed by atoms with van der Waals surface area (Å²) in [5.41, 5.74) is 8.03. The zero-order valence-corrected chi connectivity index (χ0v) is 17.2. The number of nitrogens with zero attached hydrogens (tertiary/aromatic N) is 6. The molecule has 6 heteroatoms. The number of hydrogen-bond acceptors (Lipinski definition) is 4. The van der Waals surface area contributed by atoms with Crippen LogP contribution in [0.3, 0.4) is 0 Å². The van der Waals surface area contributed by atoms with E-state index in [1.54, 1.807) is 0 Å². The SMILES string of the molecule is Cc1ccn2c(CN3CCCC3c3ccc(-c4cnn(C)c4)cn3)c(C)nc2c1. The van der Waals surface area contributed by atoms with Crippen molar-refractivity contribution in [3.05, 3.63) is 71.7 Å². The van der Waals surface area contributed by atoms with Gasteiger partial charge in [0.15, 0.2) is 0 Å². The molecule has 1 unspecified atom stereocenters. The van der Waals surface area contributed by atoms with Crippen LogP contribution >= 0.6 is 0 Å². The minimum absolute atomic E-state index is 0.355. The molecular weight excluding hydrogens is 360 g/mol. The van der Waals surface area contributed by atoms with E-state index in [9.17, 15) is 0 Å². The first-order chi connectivity index (χ1) is 14.1. The number of imidazole rings is 1. The van der Waals surface area contributed by atoms with Crippen molar-refractivity contribution < 1.29 is 0 Å². The molecule has 6 nitrogen and oxygen atoms in total. The number of fused-ring (bicyclic) bond motifs is 1. The van der Waals surface area contributed by atoms with Crippen LogP contribution in [0.4, 0.5) is 0 Å². The van der Waals surface area contributed by atoms with E-state index in [1.807, 2.05) is 30.3 Å². The molecule has 0 N–H and O–H groups in total. The summed E-state index contributed by atoms with van der Waals surface area (Å²) in [6.45, 7) is 6.21. The van der Waals surface area contributed by atoms with E-state index in [1.165, 1.54) is 17.7 Å². The van der Waals surface area contributed by atoms with E-state index >= 15 is 0 Å². The Kier molecular flexibility index (Phi) is 4.43. The molecular formula is C23H26N6. The molecule has 1 aliphatic rings. The molecule has 1 fully saturated rings. The van der Waals surface area contributed by atoms with Gasteiger partial charge in [-0.1, -0.05) is 6.07 Å². The topological polar surface area (TPSA) is 51.2 Å². The van der Waals surface area contributed by atoms with Crippen molar-refractivity contribution in [2.45, 2.75) is 39.3 Å². The van der Waals surface area contributed by atoms with Crippen molar-refractivity contribution in [3.8, 4) is 11.1 Å². The Morgan fingerprint density at radius 1 is 1.10 bits per heavy atom. The molecule has 4 aromatic heterocycles. The van der Waals surface area contributed by atoms with Crippen LogP contribution in [-0.2, 0) is 13.6 Å². The average molecular weight is 387 g/mol. The van der Waals surface area contributed by atoms with Gasteiger partial charge in [-0.25, -0.2) is 4.98 Å². The summed E-state index contributed by atoms with van der Waals surface area (Å²) in [6, 6.07) is 9.00. The molecule has 4 aromatic rings. The van der Waals surface area contributed by atoms with Crippen LogP contribution in [0.15, 0.2) is 49.1 Å². The lowest BCUT2D eigenvalue weighted by molar-refractivity contribution is 0.240. The third-order valence-corrected chi connectivity index (χ3v) is 5.96. The first-order valence-corrected chi connectivity index (χ1v) is 10.2. The highest BCUT2D eigenvalue weighted by Crippen LogP contribution is 2.33. The van der Waals surface area contributed by atoms with Gasteiger partial charge in [0.1, 0.15) is 5.65 Å². The summed E-state index contributed by atoms with van der Waals surface area (Å²) in [5, 5.41) is 4.26. The molecule has 0 aliphatic carbocycles. The van der Waals surface area contributed by atoms with Gasteiger partial charge in [0, 0.05) is 43.3 Å². The summed E-state index contributed by atoms with van der Waals surface area (Å²) in [5.74, 6) is 0. The largest absolute Gasteiger partial charge is 0.302 e. The van der Waals surface area contributed by atoms with Gasteiger partial charge in [-0.05, 0) is 57.0 Å². The Hall–Kier alpha value is -2.99. The molecule has 0 spiro atoms. The standard InChI is InChI=1S/C23H26N6/c1-16-8-10-29-22(17(2)26-23(29)11-16)15-28-9-4-5-21(28)20-7-6-18(12-24-20)19-13-25-27(3)14-19/h6-8,10-14,21H,4-5,9,15H2,1-3H3. The van der Waals surface area contributed by atoms with Crippen LogP contribution in [0.25, 0.3) is 16.8 Å². The Morgan fingerprint density at radius 2 is 2.00 bits per heavy atom. The van der Waals surface area contributed by atoms with Crippen molar-refractivity contribution in [2.75, 3.05) is 6.54 Å². The van der Waals surface area contributed by atoms with Crippen LogP contribution in [0.1, 0.15) is 41.5 Å². The molecule has 1 atom stereocenters. The van der Waals surface area contributed by atoms with Crippen molar-refractivity contribution in [1.82, 2.24) is 29.0 Å². The minimum atomic E-state index is 0.355. The minimum Gasteiger partial charge on any atom is -0.302 e. The van der Waals surface area contributed by atoms with Gasteiger partial charge in [0.2, 0.25) is 0 Å². The van der Waals surface area contributed by atoms with Gasteiger partial charge in [-0.3, -0.25) is 14.6 Å². The van der Waals surface area contributed by atoms with Crippen molar-refractivity contribution in [3.63, 3.8) is 0 Å². The lowest BCUT2D eigenvalue weighted by atomic mass is 10.1. The molecule has 0 bridgehead atoms. The average Bonchev–Trinajstić information content (AvgIpc) is 3.42. The maximum atomic E-state index is 4.82. The van der Waals surface area contributed by atoms with Gasteiger partial charge in [-0.15, -0.1) is 0 Å². The third-order valence-electron chi connectivity index (χ3n) is 5.96. The van der Waals surface area contributed by atoms with Crippen molar-refractivity contribution >= 4 is 5.65 Å². The summed E-state index contributed by atoms with van der Waals surface area (Å²) >= 11 is 0. The molecule has 0 amide bonds. The summed E-state index contributed by atoms with van der Waals surface area (Å²) in [7, 11) is 1.94. The number of aromatic nitrogens is 5. The molecule has 148 valence electrons. The van der Waals surface area contributed by atoms with Crippen LogP contribution < -0.4 is 0 Å². The maximum absolute atomic E-state index is 4.82. The van der Waals surface area contributed by atoms with E-state index in [0.717, 1.165) is 47.7 Å². The molecule has 1 saturated heterocycles. The smallest absolute Gasteiger partial charge is 0.137 e. The molecule has 0 radical (unpaired) electrons. The first kappa shape index (κ1) is 18.1. The zero-order valence-electron chi connectivity index (χ0n) is 17.2. The van der Waals surface area contributed by atoms with E-state index in [0.29, 0.717) is 6.04 Å². The molecule has 0 aromatic carbocycles. The van der Waals surface area contributed by atoms with E-state index in [-0.39, 0.29) is 0 Å². The van der Waals surface area contributed by atoms with Crippen LogP contribution in [0.5, 0.6) is 0 Å². The van der Waals surface area contributed by atoms with Crippen LogP contribution in [0.2, 0.25) is 0 Å². The Morgan fingerprint density at radius 3 is 2.76 bits per heavy atom. The predicted molar refractivity (Wildman–Crippen MR) is 113 cm³/mol. The number of pyridine rings is 2. The van der Waals surface area contributed by atoms with E-state index in [2.05, 4.69) is 58.7 Å². The van der Waals surface area contributed by atoms with Gasteiger partial charge >= 0.3 is 0 Å². The second kappa shape index (κ2) is 7.12. The molecule has 0 saturated carbocycles. The second-order valence-corrected chi connectivity index (χ2v) is 8.08. The van der Waals surface area contributed by atoms with Gasteiger partial charge in [0.25, 0.3) is 0 Å². The number of hydrogen-bond donors (Lipinski definition) is 0. The second-order valence-electron chi connectivity index (χ2n) is 8.08. The third kappa shape index (κ3) is 3.34. The number of aryl methyl sites for hydroxylation is 3. The highest BCUT2D eigenvalue weighted by atomic mass is 15.2. The fraction of sp³-hybridized carbons (Fsp3) is 0.348. The molecule has 29 heavy (non-hydrogen) atoms. The van der Waals surface area contributed by atoms with Crippen molar-refractivity contribution in [1.29, 1.82) is 0 Å². The van der Waals surface area contributed by atoms with Crippen LogP contribution in [0, 0.1) is 13.8 Å². The zero-order chi connectivity index (χ0) is 20.0. The van der Waals surface area contributed by atoms with E-state index < -0.39 is 0 Å². The monoisotopic (exact) mass is 386 g/mol. The van der Waals surface area contributed by atoms with Crippen LogP contribution in [-0.4, -0.2) is 35.6 Å². The summed E-state index contributed by atoms with van der Waals surface area (Å²) in [6.07, 6.45) is 10.4. The summed E-state index contributed by atoms with van der Waals surface area (Å²) < 4.78 is 4.05. The van der Waals surface area contributed by atoms with Crippen molar-refractivity contribution in [2.24, 2.45) is 7.05 Å². The van der Waals surface area contributed by atoms with Gasteiger partial charge in [-0.2, -0.15) is 5.10 Å². The highest BCUT2D eigenvalue weighted by molar-refractivity contribution is 5.60. The van der Waals surface area contributed by atoms with E-state index in [4.69, 9.17) is 9.97 Å². The molecule has 5 rings (SSSR count). The quantitative estimate of drug-likeness (QED) is 0.530. The Bertz CT molecular complexity index is 1150. The normalized spacial score (nSPS) is 17.4. The Labute approximate surface area is 170 Å². The van der Waals surface area contributed by atoms with Gasteiger partial charge < -0.3 is 4.40 Å². The summed E-state index contributed by atoms with van der Waals surface area (Å²) in [4.78, 5) is 12.1. The fourth-order valence-electron chi connectivity index (χ4n) is 4.39. The van der Waals surface area contributed by atoms with Gasteiger partial charge in [0.05, 0.1) is 29.3 Å². The Balaban J connectivity index is 1.40. The lowest BCUT2D eigenvalue weighted by Gasteiger charge is -2.24. The fourth-order valence-corrected chi connectivity index (χ4v) is 4.39.